The minimum absolute atomic E-state index is 0.128. The number of benzene rings is 1. The van der Waals surface area contributed by atoms with E-state index in [0.29, 0.717) is 16.5 Å². The fourth-order valence-electron chi connectivity index (χ4n) is 1.96. The van der Waals surface area contributed by atoms with Gasteiger partial charge < -0.3 is 5.32 Å². The molecule has 2 aromatic heterocycles. The summed E-state index contributed by atoms with van der Waals surface area (Å²) in [6, 6.07) is 12.8. The average Bonchev–Trinajstić information content (AvgIpc) is 3.09. The summed E-state index contributed by atoms with van der Waals surface area (Å²) in [6.07, 6.45) is 5.09. The Bertz CT molecular complexity index is 807. The van der Waals surface area contributed by atoms with Gasteiger partial charge in [0.1, 0.15) is 0 Å². The molecule has 2 heterocycles. The highest BCUT2D eigenvalue weighted by atomic mass is 35.5. The molecule has 23 heavy (non-hydrogen) atoms. The van der Waals surface area contributed by atoms with Crippen LogP contribution in [0.1, 0.15) is 0 Å². The van der Waals surface area contributed by atoms with E-state index in [4.69, 9.17) is 11.6 Å². The van der Waals surface area contributed by atoms with Crippen LogP contribution in [0.3, 0.4) is 0 Å². The number of aromatic nitrogens is 3. The molecule has 3 aromatic rings. The Balaban J connectivity index is 1.68. The largest absolute Gasteiger partial charge is 0.322 e. The van der Waals surface area contributed by atoms with Crippen molar-refractivity contribution in [2.24, 2.45) is 0 Å². The van der Waals surface area contributed by atoms with Gasteiger partial charge in [0.15, 0.2) is 5.82 Å². The molecule has 0 aliphatic heterocycles. The van der Waals surface area contributed by atoms with Gasteiger partial charge in [0.2, 0.25) is 5.91 Å². The van der Waals surface area contributed by atoms with Crippen LogP contribution in [0.15, 0.2) is 66.0 Å². The van der Waals surface area contributed by atoms with Crippen LogP contribution in [0, 0.1) is 0 Å². The van der Waals surface area contributed by atoms with E-state index in [1.54, 1.807) is 47.5 Å². The summed E-state index contributed by atoms with van der Waals surface area (Å²) in [5.74, 6) is 0.710. The van der Waals surface area contributed by atoms with E-state index in [1.165, 1.54) is 11.8 Å². The number of halogens is 1. The number of carbonyl (C=O) groups excluding carboxylic acids is 1. The summed E-state index contributed by atoms with van der Waals surface area (Å²) >= 11 is 7.48. The van der Waals surface area contributed by atoms with Gasteiger partial charge >= 0.3 is 0 Å². The maximum atomic E-state index is 12.2. The highest BCUT2D eigenvalue weighted by Gasteiger charge is 2.10. The van der Waals surface area contributed by atoms with Crippen molar-refractivity contribution in [3.8, 4) is 5.82 Å². The van der Waals surface area contributed by atoms with Gasteiger partial charge in [0, 0.05) is 23.5 Å². The van der Waals surface area contributed by atoms with Crippen LogP contribution in [0.25, 0.3) is 5.82 Å². The van der Waals surface area contributed by atoms with Crippen LogP contribution in [-0.2, 0) is 4.79 Å². The molecular formula is C16H13ClN4OS. The molecule has 0 spiro atoms. The van der Waals surface area contributed by atoms with Crippen LogP contribution < -0.4 is 5.32 Å². The molecule has 0 saturated carbocycles. The van der Waals surface area contributed by atoms with E-state index in [1.807, 2.05) is 18.2 Å². The third kappa shape index (κ3) is 3.91. The molecule has 5 nitrogen and oxygen atoms in total. The summed E-state index contributed by atoms with van der Waals surface area (Å²) in [5, 5.41) is 7.64. The first-order valence-corrected chi connectivity index (χ1v) is 8.22. The zero-order valence-electron chi connectivity index (χ0n) is 12.0. The molecule has 0 aliphatic rings. The first-order chi connectivity index (χ1) is 11.2. The Morgan fingerprint density at radius 2 is 2.04 bits per heavy atom. The van der Waals surface area contributed by atoms with Gasteiger partial charge in [-0.3, -0.25) is 4.79 Å². The molecule has 1 N–H and O–H groups in total. The fourth-order valence-corrected chi connectivity index (χ4v) is 3.00. The molecule has 0 saturated heterocycles. The summed E-state index contributed by atoms with van der Waals surface area (Å²) in [7, 11) is 0. The quantitative estimate of drug-likeness (QED) is 0.718. The van der Waals surface area contributed by atoms with Crippen molar-refractivity contribution in [1.82, 2.24) is 14.8 Å². The predicted molar refractivity (Wildman–Crippen MR) is 92.2 cm³/mol. The van der Waals surface area contributed by atoms with E-state index in [0.717, 1.165) is 4.90 Å². The molecule has 0 unspecified atom stereocenters. The molecular weight excluding hydrogens is 332 g/mol. The number of hydrogen-bond acceptors (Lipinski definition) is 4. The van der Waals surface area contributed by atoms with Gasteiger partial charge in [-0.05, 0) is 30.3 Å². The summed E-state index contributed by atoms with van der Waals surface area (Å²) in [6.45, 7) is 0. The lowest BCUT2D eigenvalue weighted by Gasteiger charge is -2.10. The first-order valence-electron chi connectivity index (χ1n) is 6.86. The van der Waals surface area contributed by atoms with E-state index in [9.17, 15) is 4.79 Å². The molecule has 116 valence electrons. The van der Waals surface area contributed by atoms with E-state index < -0.39 is 0 Å². The summed E-state index contributed by atoms with van der Waals surface area (Å²) in [4.78, 5) is 17.3. The third-order valence-corrected chi connectivity index (χ3v) is 4.49. The van der Waals surface area contributed by atoms with Gasteiger partial charge in [-0.2, -0.15) is 5.10 Å². The van der Waals surface area contributed by atoms with Gasteiger partial charge in [-0.25, -0.2) is 9.67 Å². The topological polar surface area (TPSA) is 59.8 Å². The van der Waals surface area contributed by atoms with Crippen LogP contribution in [0.5, 0.6) is 0 Å². The second kappa shape index (κ2) is 7.30. The van der Waals surface area contributed by atoms with E-state index in [2.05, 4.69) is 15.4 Å². The maximum absolute atomic E-state index is 12.2. The minimum Gasteiger partial charge on any atom is -0.322 e. The molecule has 0 radical (unpaired) electrons. The van der Waals surface area contributed by atoms with Gasteiger partial charge in [0.05, 0.1) is 16.5 Å². The average molecular weight is 345 g/mol. The molecule has 7 heteroatoms. The lowest BCUT2D eigenvalue weighted by atomic mass is 10.3. The number of pyridine rings is 1. The normalized spacial score (nSPS) is 10.5. The van der Waals surface area contributed by atoms with Crippen LogP contribution >= 0.6 is 23.4 Å². The van der Waals surface area contributed by atoms with Crippen molar-refractivity contribution < 1.29 is 4.79 Å². The predicted octanol–water partition coefficient (Wildman–Crippen LogP) is 3.65. The Morgan fingerprint density at radius 3 is 2.83 bits per heavy atom. The molecule has 0 aliphatic carbocycles. The molecule has 0 fully saturated rings. The Morgan fingerprint density at radius 1 is 1.17 bits per heavy atom. The molecule has 1 amide bonds. The van der Waals surface area contributed by atoms with Gasteiger partial charge in [-0.15, -0.1) is 11.8 Å². The fraction of sp³-hybridized carbons (Fsp3) is 0.0625. The number of thioether (sulfide) groups is 1. The second-order valence-electron chi connectivity index (χ2n) is 4.59. The lowest BCUT2D eigenvalue weighted by Crippen LogP contribution is -2.16. The molecule has 3 rings (SSSR count). The van der Waals surface area contributed by atoms with Crippen molar-refractivity contribution in [3.63, 3.8) is 0 Å². The highest BCUT2D eigenvalue weighted by Crippen LogP contribution is 2.26. The Kier molecular flexibility index (Phi) is 4.95. The summed E-state index contributed by atoms with van der Waals surface area (Å²) < 4.78 is 1.61. The van der Waals surface area contributed by atoms with Crippen molar-refractivity contribution in [2.45, 2.75) is 4.90 Å². The number of carbonyl (C=O) groups is 1. The number of anilines is 1. The zero-order valence-corrected chi connectivity index (χ0v) is 13.6. The summed E-state index contributed by atoms with van der Waals surface area (Å²) in [5.41, 5.74) is 0.612. The van der Waals surface area contributed by atoms with Gasteiger partial charge in [-0.1, -0.05) is 23.7 Å². The standard InChI is InChI=1S/C16H13ClN4OS/c17-12-5-1-2-7-14(12)23-11-15(22)20-13-6-3-8-18-16(13)21-10-4-9-19-21/h1-10H,11H2,(H,20,22). The minimum atomic E-state index is -0.128. The molecule has 0 bridgehead atoms. The highest BCUT2D eigenvalue weighted by molar-refractivity contribution is 8.00. The van der Waals surface area contributed by atoms with Crippen molar-refractivity contribution in [3.05, 3.63) is 66.1 Å². The third-order valence-electron chi connectivity index (χ3n) is 2.98. The van der Waals surface area contributed by atoms with Crippen LogP contribution in [0.4, 0.5) is 5.69 Å². The first kappa shape index (κ1) is 15.6. The van der Waals surface area contributed by atoms with Gasteiger partial charge in [0.25, 0.3) is 0 Å². The number of nitrogens with zero attached hydrogens (tertiary/aromatic N) is 3. The van der Waals surface area contributed by atoms with Crippen LogP contribution in [-0.4, -0.2) is 26.4 Å². The van der Waals surface area contributed by atoms with E-state index in [-0.39, 0.29) is 11.7 Å². The van der Waals surface area contributed by atoms with Crippen molar-refractivity contribution in [1.29, 1.82) is 0 Å². The van der Waals surface area contributed by atoms with E-state index >= 15 is 0 Å². The number of nitrogens with one attached hydrogen (secondary N) is 1. The number of amides is 1. The smallest absolute Gasteiger partial charge is 0.234 e. The number of hydrogen-bond donors (Lipinski definition) is 1. The molecule has 0 atom stereocenters. The van der Waals surface area contributed by atoms with Crippen molar-refractivity contribution in [2.75, 3.05) is 11.1 Å². The lowest BCUT2D eigenvalue weighted by molar-refractivity contribution is -0.113. The SMILES string of the molecule is O=C(CSc1ccccc1Cl)Nc1cccnc1-n1cccn1. The Hall–Kier alpha value is -2.31. The van der Waals surface area contributed by atoms with Crippen molar-refractivity contribution >= 4 is 35.0 Å². The Labute approximate surface area is 142 Å². The monoisotopic (exact) mass is 344 g/mol. The maximum Gasteiger partial charge on any atom is 0.234 e. The molecule has 1 aromatic carbocycles. The second-order valence-corrected chi connectivity index (χ2v) is 6.02. The van der Waals surface area contributed by atoms with Crippen LogP contribution in [0.2, 0.25) is 5.02 Å². The number of rotatable bonds is 5. The zero-order chi connectivity index (χ0) is 16.1.